The Kier molecular flexibility index (Phi) is 1.90. The van der Waals surface area contributed by atoms with Gasteiger partial charge in [-0.05, 0) is 31.4 Å². The second kappa shape index (κ2) is 3.28. The summed E-state index contributed by atoms with van der Waals surface area (Å²) in [6.45, 7) is 0. The Balaban J connectivity index is 2.16. The molecule has 0 spiro atoms. The van der Waals surface area contributed by atoms with Crippen LogP contribution < -0.4 is 0 Å². The first kappa shape index (κ1) is 9.29. The number of hydrogen-bond donors (Lipinski definition) is 0. The van der Waals surface area contributed by atoms with E-state index in [1.165, 1.54) is 0 Å². The zero-order valence-electron chi connectivity index (χ0n) is 8.85. The molecule has 78 valence electrons. The molecule has 1 aromatic heterocycles. The van der Waals surface area contributed by atoms with Gasteiger partial charge in [0.15, 0.2) is 0 Å². The number of hydrogen-bond acceptors (Lipinski definition) is 3. The molecule has 0 aliphatic heterocycles. The van der Waals surface area contributed by atoms with E-state index in [0.717, 1.165) is 36.0 Å². The van der Waals surface area contributed by atoms with Crippen molar-refractivity contribution in [2.75, 3.05) is 0 Å². The van der Waals surface area contributed by atoms with Crippen molar-refractivity contribution in [3.8, 4) is 6.07 Å². The summed E-state index contributed by atoms with van der Waals surface area (Å²) in [5.74, 6) is 0. The zero-order valence-corrected chi connectivity index (χ0v) is 8.85. The normalized spacial score (nSPS) is 17.7. The molecule has 1 fully saturated rings. The van der Waals surface area contributed by atoms with Gasteiger partial charge in [-0.15, -0.1) is 0 Å². The van der Waals surface area contributed by atoms with Crippen LogP contribution in [-0.2, 0) is 5.41 Å². The van der Waals surface area contributed by atoms with Crippen molar-refractivity contribution in [2.24, 2.45) is 0 Å². The summed E-state index contributed by atoms with van der Waals surface area (Å²) in [6, 6.07) is 10.2. The molecule has 0 radical (unpaired) electrons. The minimum absolute atomic E-state index is 0.364. The molecule has 1 heterocycles. The standard InChI is InChI=1S/C13H11N3/c14-9-13(6-3-7-13)12-8-15-10-4-1-2-5-11(10)16-12/h1-2,4-5,8H,3,6-7H2. The Morgan fingerprint density at radius 3 is 2.56 bits per heavy atom. The van der Waals surface area contributed by atoms with Crippen LogP contribution in [0.4, 0.5) is 0 Å². The number of fused-ring (bicyclic) bond motifs is 1. The molecule has 0 unspecified atom stereocenters. The number of para-hydroxylation sites is 2. The van der Waals surface area contributed by atoms with Crippen molar-refractivity contribution in [3.05, 3.63) is 36.2 Å². The van der Waals surface area contributed by atoms with E-state index in [1.54, 1.807) is 6.20 Å². The van der Waals surface area contributed by atoms with E-state index in [0.29, 0.717) is 0 Å². The highest BCUT2D eigenvalue weighted by Gasteiger charge is 2.40. The summed E-state index contributed by atoms with van der Waals surface area (Å²) < 4.78 is 0. The maximum atomic E-state index is 9.24. The third-order valence-electron chi connectivity index (χ3n) is 3.36. The van der Waals surface area contributed by atoms with Crippen LogP contribution in [0.3, 0.4) is 0 Å². The number of benzene rings is 1. The lowest BCUT2D eigenvalue weighted by Crippen LogP contribution is -2.33. The van der Waals surface area contributed by atoms with Crippen LogP contribution in [0.5, 0.6) is 0 Å². The molecule has 0 bridgehead atoms. The van der Waals surface area contributed by atoms with Gasteiger partial charge in [0.25, 0.3) is 0 Å². The molecule has 0 N–H and O–H groups in total. The van der Waals surface area contributed by atoms with Crippen LogP contribution in [0.1, 0.15) is 25.0 Å². The average molecular weight is 209 g/mol. The Morgan fingerprint density at radius 1 is 1.19 bits per heavy atom. The van der Waals surface area contributed by atoms with Gasteiger partial charge in [0.1, 0.15) is 5.41 Å². The van der Waals surface area contributed by atoms with Crippen LogP contribution >= 0.6 is 0 Å². The van der Waals surface area contributed by atoms with E-state index < -0.39 is 0 Å². The van der Waals surface area contributed by atoms with E-state index in [-0.39, 0.29) is 5.41 Å². The fourth-order valence-corrected chi connectivity index (χ4v) is 2.14. The highest BCUT2D eigenvalue weighted by Crippen LogP contribution is 2.42. The number of nitrogens with zero attached hydrogens (tertiary/aromatic N) is 3. The largest absolute Gasteiger partial charge is 0.253 e. The van der Waals surface area contributed by atoms with Crippen LogP contribution in [0.25, 0.3) is 11.0 Å². The van der Waals surface area contributed by atoms with Gasteiger partial charge < -0.3 is 0 Å². The number of aromatic nitrogens is 2. The summed E-state index contributed by atoms with van der Waals surface area (Å²) in [5, 5.41) is 9.24. The third kappa shape index (κ3) is 1.20. The van der Waals surface area contributed by atoms with Crippen LogP contribution in [0, 0.1) is 11.3 Å². The number of rotatable bonds is 1. The molecule has 1 aliphatic rings. The summed E-state index contributed by atoms with van der Waals surface area (Å²) in [5.41, 5.74) is 2.23. The molecule has 1 saturated carbocycles. The molecule has 16 heavy (non-hydrogen) atoms. The third-order valence-corrected chi connectivity index (χ3v) is 3.36. The van der Waals surface area contributed by atoms with Gasteiger partial charge >= 0.3 is 0 Å². The predicted octanol–water partition coefficient (Wildman–Crippen LogP) is 2.58. The van der Waals surface area contributed by atoms with Gasteiger partial charge in [-0.3, -0.25) is 4.98 Å². The molecule has 1 aliphatic carbocycles. The first-order valence-corrected chi connectivity index (χ1v) is 5.48. The first-order chi connectivity index (χ1) is 7.84. The van der Waals surface area contributed by atoms with Gasteiger partial charge in [-0.25, -0.2) is 4.98 Å². The average Bonchev–Trinajstić information content (AvgIpc) is 2.28. The molecule has 0 saturated heterocycles. The maximum absolute atomic E-state index is 9.24. The zero-order chi connectivity index (χ0) is 11.0. The summed E-state index contributed by atoms with van der Waals surface area (Å²) in [7, 11) is 0. The second-order valence-electron chi connectivity index (χ2n) is 4.29. The van der Waals surface area contributed by atoms with Gasteiger partial charge in [-0.2, -0.15) is 5.26 Å². The molecule has 2 aromatic rings. The Morgan fingerprint density at radius 2 is 1.94 bits per heavy atom. The topological polar surface area (TPSA) is 49.6 Å². The van der Waals surface area contributed by atoms with E-state index >= 15 is 0 Å². The van der Waals surface area contributed by atoms with Crippen LogP contribution in [0.2, 0.25) is 0 Å². The molecule has 3 nitrogen and oxygen atoms in total. The Labute approximate surface area is 93.8 Å². The van der Waals surface area contributed by atoms with Crippen molar-refractivity contribution >= 4 is 11.0 Å². The van der Waals surface area contributed by atoms with Gasteiger partial charge in [0, 0.05) is 0 Å². The molecular formula is C13H11N3. The maximum Gasteiger partial charge on any atom is 0.101 e. The molecule has 3 heteroatoms. The van der Waals surface area contributed by atoms with Crippen molar-refractivity contribution in [3.63, 3.8) is 0 Å². The highest BCUT2D eigenvalue weighted by molar-refractivity contribution is 5.73. The first-order valence-electron chi connectivity index (χ1n) is 5.48. The van der Waals surface area contributed by atoms with Gasteiger partial charge in [-0.1, -0.05) is 12.1 Å². The molecule has 0 amide bonds. The van der Waals surface area contributed by atoms with Crippen molar-refractivity contribution in [1.82, 2.24) is 9.97 Å². The summed E-state index contributed by atoms with van der Waals surface area (Å²) in [6.07, 6.45) is 4.69. The van der Waals surface area contributed by atoms with Crippen LogP contribution in [-0.4, -0.2) is 9.97 Å². The fourth-order valence-electron chi connectivity index (χ4n) is 2.14. The summed E-state index contributed by atoms with van der Waals surface area (Å²) in [4.78, 5) is 8.92. The lowest BCUT2D eigenvalue weighted by Gasteiger charge is -2.34. The van der Waals surface area contributed by atoms with Gasteiger partial charge in [0.2, 0.25) is 0 Å². The smallest absolute Gasteiger partial charge is 0.101 e. The fraction of sp³-hybridized carbons (Fsp3) is 0.308. The SMILES string of the molecule is N#CC1(c2cnc3ccccc3n2)CCC1. The predicted molar refractivity (Wildman–Crippen MR) is 60.7 cm³/mol. The lowest BCUT2D eigenvalue weighted by atomic mass is 9.68. The van der Waals surface area contributed by atoms with Crippen molar-refractivity contribution in [1.29, 1.82) is 5.26 Å². The van der Waals surface area contributed by atoms with Crippen molar-refractivity contribution in [2.45, 2.75) is 24.7 Å². The van der Waals surface area contributed by atoms with E-state index in [2.05, 4.69) is 16.0 Å². The second-order valence-corrected chi connectivity index (χ2v) is 4.29. The lowest BCUT2D eigenvalue weighted by molar-refractivity contribution is 0.316. The van der Waals surface area contributed by atoms with E-state index in [4.69, 9.17) is 0 Å². The minimum atomic E-state index is -0.364. The Bertz CT molecular complexity index is 579. The van der Waals surface area contributed by atoms with Crippen LogP contribution in [0.15, 0.2) is 30.5 Å². The number of nitriles is 1. The van der Waals surface area contributed by atoms with Crippen molar-refractivity contribution < 1.29 is 0 Å². The summed E-state index contributed by atoms with van der Waals surface area (Å²) >= 11 is 0. The Hall–Kier alpha value is -1.95. The van der Waals surface area contributed by atoms with E-state index in [9.17, 15) is 5.26 Å². The minimum Gasteiger partial charge on any atom is -0.253 e. The van der Waals surface area contributed by atoms with E-state index in [1.807, 2.05) is 24.3 Å². The molecule has 1 aromatic carbocycles. The molecule has 0 atom stereocenters. The monoisotopic (exact) mass is 209 g/mol. The molecular weight excluding hydrogens is 198 g/mol. The van der Waals surface area contributed by atoms with Gasteiger partial charge in [0.05, 0.1) is 29.0 Å². The quantitative estimate of drug-likeness (QED) is 0.725. The molecule has 3 rings (SSSR count). The highest BCUT2D eigenvalue weighted by atomic mass is 14.8.